The number of urea groups is 1. The number of anilines is 1. The molecule has 166 valence electrons. The first-order chi connectivity index (χ1) is 14.3. The topological polar surface area (TPSA) is 77.5 Å². The quantitative estimate of drug-likeness (QED) is 0.717. The minimum absolute atomic E-state index is 0. The Bertz CT molecular complexity index is 968. The molecule has 1 N–H and O–H groups in total. The van der Waals surface area contributed by atoms with Crippen LogP contribution in [0.2, 0.25) is 0 Å². The van der Waals surface area contributed by atoms with E-state index in [0.717, 1.165) is 36.1 Å². The number of hydrogen-bond donors (Lipinski definition) is 1. The number of halogens is 2. The van der Waals surface area contributed by atoms with Gasteiger partial charge in [0.1, 0.15) is 11.5 Å². The largest absolute Gasteiger partial charge is 0.337 e. The molecule has 2 saturated carbocycles. The van der Waals surface area contributed by atoms with E-state index in [-0.39, 0.29) is 36.9 Å². The number of aliphatic imine (C=N–C) groups is 1. The highest BCUT2D eigenvalue weighted by atomic mass is 35.5. The Morgan fingerprint density at radius 2 is 1.81 bits per heavy atom. The summed E-state index contributed by atoms with van der Waals surface area (Å²) in [6.07, 6.45) is 11.8. The van der Waals surface area contributed by atoms with Crippen LogP contribution in [0.1, 0.15) is 61.5 Å². The average Bonchev–Trinajstić information content (AvgIpc) is 3.15. The molecule has 2 aliphatic heterocycles. The maximum absolute atomic E-state index is 13.4. The van der Waals surface area contributed by atoms with Crippen LogP contribution in [0.4, 0.5) is 10.6 Å². The summed E-state index contributed by atoms with van der Waals surface area (Å²) in [5.74, 6) is 3.74. The van der Waals surface area contributed by atoms with E-state index in [9.17, 15) is 4.79 Å². The van der Waals surface area contributed by atoms with Gasteiger partial charge in [-0.25, -0.2) is 9.78 Å². The van der Waals surface area contributed by atoms with Gasteiger partial charge >= 0.3 is 6.03 Å². The lowest BCUT2D eigenvalue weighted by Crippen LogP contribution is -2.51. The molecule has 2 fully saturated rings. The SMILES string of the molecule is Cl.Cl.O=C1N2CC(Cc3ccncc3)N=C2c2[nH]c(C3CCCC3)nc2N1CC1CC1. The van der Waals surface area contributed by atoms with Gasteiger partial charge in [0.15, 0.2) is 11.7 Å². The van der Waals surface area contributed by atoms with Crippen molar-refractivity contribution in [1.82, 2.24) is 19.9 Å². The standard InChI is InChI=1S/C22H26N6O.2ClH/c29-22-27(12-15-5-6-15)21-18(25-19(26-21)16-3-1-2-4-16)20-24-17(13-28(20)22)11-14-7-9-23-10-8-14;;/h7-10,15-17H,1-6,11-13H2,(H,25,26);2*1H. The number of imidazole rings is 1. The molecule has 0 saturated heterocycles. The smallest absolute Gasteiger partial charge is 0.331 e. The van der Waals surface area contributed by atoms with E-state index in [1.807, 2.05) is 34.3 Å². The van der Waals surface area contributed by atoms with Crippen LogP contribution < -0.4 is 4.90 Å². The van der Waals surface area contributed by atoms with E-state index in [0.29, 0.717) is 18.4 Å². The molecule has 9 heteroatoms. The molecule has 4 aliphatic rings. The van der Waals surface area contributed by atoms with E-state index in [4.69, 9.17) is 9.98 Å². The lowest BCUT2D eigenvalue weighted by molar-refractivity contribution is 0.226. The fourth-order valence-corrected chi connectivity index (χ4v) is 4.94. The number of amidine groups is 1. The van der Waals surface area contributed by atoms with Crippen molar-refractivity contribution in [3.63, 3.8) is 0 Å². The van der Waals surface area contributed by atoms with Crippen LogP contribution in [0.5, 0.6) is 0 Å². The number of pyridine rings is 1. The average molecular weight is 463 g/mol. The first-order valence-corrected chi connectivity index (χ1v) is 10.9. The van der Waals surface area contributed by atoms with Crippen LogP contribution in [-0.2, 0) is 6.42 Å². The number of hydrogen-bond acceptors (Lipinski definition) is 4. The number of carbonyl (C=O) groups excluding carboxylic acids is 1. The zero-order valence-corrected chi connectivity index (χ0v) is 19.0. The molecule has 6 rings (SSSR count). The van der Waals surface area contributed by atoms with Gasteiger partial charge in [-0.15, -0.1) is 24.8 Å². The van der Waals surface area contributed by atoms with E-state index in [1.165, 1.54) is 44.1 Å². The summed E-state index contributed by atoms with van der Waals surface area (Å²) in [6.45, 7) is 1.41. The lowest BCUT2D eigenvalue weighted by atomic mass is 10.1. The number of aromatic nitrogens is 3. The Balaban J connectivity index is 0.00000116. The third-order valence-corrected chi connectivity index (χ3v) is 6.70. The number of aromatic amines is 1. The zero-order valence-electron chi connectivity index (χ0n) is 17.4. The second-order valence-corrected chi connectivity index (χ2v) is 8.92. The fourth-order valence-electron chi connectivity index (χ4n) is 4.94. The first-order valence-electron chi connectivity index (χ1n) is 10.9. The summed E-state index contributed by atoms with van der Waals surface area (Å²) in [5.41, 5.74) is 2.15. The summed E-state index contributed by atoms with van der Waals surface area (Å²) in [6, 6.07) is 4.17. The molecule has 4 heterocycles. The molecule has 2 aliphatic carbocycles. The molecular formula is C22H28Cl2N6O. The molecule has 0 spiro atoms. The molecule has 0 aromatic carbocycles. The number of carbonyl (C=O) groups is 1. The van der Waals surface area contributed by atoms with Crippen LogP contribution in [-0.4, -0.2) is 50.8 Å². The third-order valence-electron chi connectivity index (χ3n) is 6.70. The van der Waals surface area contributed by atoms with Crippen LogP contribution in [0.3, 0.4) is 0 Å². The number of nitrogens with zero attached hydrogens (tertiary/aromatic N) is 5. The molecule has 2 aromatic rings. The van der Waals surface area contributed by atoms with Gasteiger partial charge in [0.05, 0.1) is 12.6 Å². The maximum atomic E-state index is 13.4. The van der Waals surface area contributed by atoms with Gasteiger partial charge in [-0.3, -0.25) is 19.8 Å². The Kier molecular flexibility index (Phi) is 6.26. The normalized spacial score (nSPS) is 22.5. The number of nitrogens with one attached hydrogen (secondary N) is 1. The molecule has 2 amide bonds. The molecule has 31 heavy (non-hydrogen) atoms. The summed E-state index contributed by atoms with van der Waals surface area (Å²) in [5, 5.41) is 0. The highest BCUT2D eigenvalue weighted by molar-refractivity contribution is 6.18. The van der Waals surface area contributed by atoms with Crippen LogP contribution in [0, 0.1) is 5.92 Å². The second kappa shape index (κ2) is 8.79. The van der Waals surface area contributed by atoms with E-state index in [1.54, 1.807) is 0 Å². The predicted octanol–water partition coefficient (Wildman–Crippen LogP) is 4.33. The molecule has 1 unspecified atom stereocenters. The minimum Gasteiger partial charge on any atom is -0.337 e. The summed E-state index contributed by atoms with van der Waals surface area (Å²) < 4.78 is 0. The zero-order chi connectivity index (χ0) is 19.4. The highest BCUT2D eigenvalue weighted by Crippen LogP contribution is 2.39. The van der Waals surface area contributed by atoms with Crippen molar-refractivity contribution in [2.45, 2.75) is 56.9 Å². The van der Waals surface area contributed by atoms with Crippen LogP contribution in [0.25, 0.3) is 0 Å². The molecule has 0 bridgehead atoms. The minimum atomic E-state index is 0. The van der Waals surface area contributed by atoms with Crippen molar-refractivity contribution in [2.24, 2.45) is 10.9 Å². The molecule has 2 aromatic heterocycles. The van der Waals surface area contributed by atoms with Gasteiger partial charge in [-0.2, -0.15) is 0 Å². The van der Waals surface area contributed by atoms with Crippen molar-refractivity contribution >= 4 is 42.5 Å². The van der Waals surface area contributed by atoms with Gasteiger partial charge in [0, 0.05) is 24.9 Å². The van der Waals surface area contributed by atoms with Crippen LogP contribution in [0.15, 0.2) is 29.5 Å². The van der Waals surface area contributed by atoms with E-state index < -0.39 is 0 Å². The van der Waals surface area contributed by atoms with Crippen molar-refractivity contribution in [3.05, 3.63) is 41.6 Å². The molecule has 0 radical (unpaired) electrons. The molecule has 7 nitrogen and oxygen atoms in total. The molecular weight excluding hydrogens is 435 g/mol. The van der Waals surface area contributed by atoms with Crippen molar-refractivity contribution in [2.75, 3.05) is 18.0 Å². The maximum Gasteiger partial charge on any atom is 0.331 e. The van der Waals surface area contributed by atoms with E-state index in [2.05, 4.69) is 9.97 Å². The Hall–Kier alpha value is -2.12. The van der Waals surface area contributed by atoms with Gasteiger partial charge in [0.2, 0.25) is 0 Å². The molecule has 1 atom stereocenters. The van der Waals surface area contributed by atoms with Crippen molar-refractivity contribution in [3.8, 4) is 0 Å². The Morgan fingerprint density at radius 3 is 2.52 bits per heavy atom. The summed E-state index contributed by atoms with van der Waals surface area (Å²) in [7, 11) is 0. The fraction of sp³-hybridized carbons (Fsp3) is 0.545. The van der Waals surface area contributed by atoms with Gasteiger partial charge in [-0.1, -0.05) is 12.8 Å². The second-order valence-electron chi connectivity index (χ2n) is 8.92. The Morgan fingerprint density at radius 1 is 1.06 bits per heavy atom. The summed E-state index contributed by atoms with van der Waals surface area (Å²) in [4.78, 5) is 34.8. The first kappa shape index (κ1) is 22.1. The Labute approximate surface area is 194 Å². The van der Waals surface area contributed by atoms with Crippen molar-refractivity contribution in [1.29, 1.82) is 0 Å². The predicted molar refractivity (Wildman–Crippen MR) is 125 cm³/mol. The van der Waals surface area contributed by atoms with Crippen LogP contribution >= 0.6 is 24.8 Å². The number of rotatable bonds is 5. The van der Waals surface area contributed by atoms with Gasteiger partial charge in [0.25, 0.3) is 0 Å². The number of amides is 2. The van der Waals surface area contributed by atoms with Crippen molar-refractivity contribution < 1.29 is 4.79 Å². The lowest BCUT2D eigenvalue weighted by Gasteiger charge is -2.32. The van der Waals surface area contributed by atoms with E-state index >= 15 is 0 Å². The third kappa shape index (κ3) is 4.05. The number of fused-ring (bicyclic) bond motifs is 3. The summed E-state index contributed by atoms with van der Waals surface area (Å²) >= 11 is 0. The number of H-pyrrole nitrogens is 1. The monoisotopic (exact) mass is 462 g/mol. The van der Waals surface area contributed by atoms with Gasteiger partial charge in [-0.05, 0) is 55.7 Å². The van der Waals surface area contributed by atoms with Gasteiger partial charge < -0.3 is 4.98 Å². The highest BCUT2D eigenvalue weighted by Gasteiger charge is 2.44.